The summed E-state index contributed by atoms with van der Waals surface area (Å²) in [5.41, 5.74) is 14.6. The highest BCUT2D eigenvalue weighted by molar-refractivity contribution is 5.97. The Labute approximate surface area is 368 Å². The molecule has 0 atom stereocenters. The van der Waals surface area contributed by atoms with Gasteiger partial charge in [0.05, 0.1) is 27.8 Å². The third kappa shape index (κ3) is 8.04. The van der Waals surface area contributed by atoms with Crippen molar-refractivity contribution < 1.29 is 10.6 Å². The van der Waals surface area contributed by atoms with Gasteiger partial charge in [-0.2, -0.15) is 0 Å². The van der Waals surface area contributed by atoms with Crippen molar-refractivity contribution in [1.82, 2.24) is 14.5 Å². The van der Waals surface area contributed by atoms with E-state index in [0.717, 1.165) is 66.8 Å². The summed E-state index contributed by atoms with van der Waals surface area (Å²) in [6.07, 6.45) is 1.67. The van der Waals surface area contributed by atoms with Gasteiger partial charge < -0.3 is 5.11 Å². The number of nitrogens with zero attached hydrogens (tertiary/aromatic N) is 3. The molecule has 0 aliphatic heterocycles. The Morgan fingerprint density at radius 1 is 0.557 bits per heavy atom. The van der Waals surface area contributed by atoms with Crippen molar-refractivity contribution in [2.24, 2.45) is 0 Å². The molecule has 0 saturated carbocycles. The van der Waals surface area contributed by atoms with Crippen LogP contribution in [-0.2, 0) is 16.2 Å². The van der Waals surface area contributed by atoms with Gasteiger partial charge in [-0.15, -0.1) is 0 Å². The fourth-order valence-corrected chi connectivity index (χ4v) is 8.10. The first kappa shape index (κ1) is 36.6. The van der Waals surface area contributed by atoms with E-state index in [9.17, 15) is 5.11 Å². The van der Waals surface area contributed by atoms with Gasteiger partial charge in [0.15, 0.2) is 0 Å². The molecule has 6 aromatic carbocycles. The molecule has 2 heterocycles. The topological polar surface area (TPSA) is 50.9 Å². The van der Waals surface area contributed by atoms with E-state index in [1.54, 1.807) is 19.2 Å². The molecule has 0 radical (unpaired) electrons. The van der Waals surface area contributed by atoms with Crippen molar-refractivity contribution in [3.05, 3.63) is 167 Å². The number of rotatable bonds is 6. The van der Waals surface area contributed by atoms with E-state index in [-0.39, 0.29) is 51.7 Å². The number of hydrogen-bond donors (Lipinski definition) is 1. The van der Waals surface area contributed by atoms with Crippen molar-refractivity contribution >= 4 is 11.0 Å². The first-order valence-electron chi connectivity index (χ1n) is 23.2. The van der Waals surface area contributed by atoms with Gasteiger partial charge in [-0.1, -0.05) is 147 Å². The molecule has 0 aliphatic carbocycles. The van der Waals surface area contributed by atoms with Crippen molar-refractivity contribution in [3.63, 3.8) is 0 Å². The van der Waals surface area contributed by atoms with Crippen molar-refractivity contribution in [2.75, 3.05) is 0 Å². The van der Waals surface area contributed by atoms with Crippen LogP contribution in [0.1, 0.15) is 101 Å². The second-order valence-corrected chi connectivity index (χ2v) is 19.6. The number of para-hydroxylation sites is 1. The zero-order chi connectivity index (χ0) is 47.1. The highest BCUT2D eigenvalue weighted by Gasteiger charge is 2.29. The molecule has 0 amide bonds. The van der Waals surface area contributed by atoms with E-state index >= 15 is 0 Å². The van der Waals surface area contributed by atoms with Crippen LogP contribution in [0.2, 0.25) is 0 Å². The first-order chi connectivity index (χ1) is 30.4. The Bertz CT molecular complexity index is 3150. The molecule has 4 heteroatoms. The molecule has 0 bridgehead atoms. The third-order valence-corrected chi connectivity index (χ3v) is 11.9. The molecule has 4 nitrogen and oxygen atoms in total. The monoisotopic (exact) mass is 805 g/mol. The number of hydrogen-bond acceptors (Lipinski definition) is 3. The predicted molar refractivity (Wildman–Crippen MR) is 258 cm³/mol. The number of fused-ring (bicyclic) bond motifs is 1. The molecular weight excluding hydrogens is 743 g/mol. The van der Waals surface area contributed by atoms with Gasteiger partial charge in [0, 0.05) is 28.6 Å². The molecule has 0 fully saturated rings. The number of benzene rings is 6. The van der Waals surface area contributed by atoms with Crippen LogP contribution in [0, 0.1) is 20.8 Å². The van der Waals surface area contributed by atoms with Crippen LogP contribution in [0.5, 0.6) is 5.75 Å². The Hall–Kier alpha value is -6.26. The van der Waals surface area contributed by atoms with Gasteiger partial charge in [-0.05, 0) is 136 Å². The Balaban J connectivity index is 1.43. The third-order valence-electron chi connectivity index (χ3n) is 11.9. The average Bonchev–Trinajstić information content (AvgIpc) is 3.65. The number of pyridine rings is 1. The molecule has 61 heavy (non-hydrogen) atoms. The smallest absolute Gasteiger partial charge is 0.149 e. The number of phenolic OH excluding ortho intramolecular Hbond substituents is 1. The summed E-state index contributed by atoms with van der Waals surface area (Å²) >= 11 is 0. The fourth-order valence-electron chi connectivity index (χ4n) is 8.10. The maximum atomic E-state index is 12.4. The van der Waals surface area contributed by atoms with Gasteiger partial charge >= 0.3 is 0 Å². The molecule has 0 aliphatic rings. The van der Waals surface area contributed by atoms with Crippen molar-refractivity contribution in [1.29, 1.82) is 0 Å². The zero-order valence-electron chi connectivity index (χ0n) is 41.7. The molecular formula is C57H59N3O. The van der Waals surface area contributed by atoms with Crippen molar-refractivity contribution in [2.45, 2.75) is 99.3 Å². The zero-order valence-corrected chi connectivity index (χ0v) is 37.7. The van der Waals surface area contributed by atoms with E-state index in [4.69, 9.17) is 15.5 Å². The quantitative estimate of drug-likeness (QED) is 0.182. The molecule has 1 N–H and O–H groups in total. The largest absolute Gasteiger partial charge is 0.507 e. The van der Waals surface area contributed by atoms with E-state index in [1.165, 1.54) is 5.56 Å². The fraction of sp³-hybridized carbons (Fsp3) is 0.263. The maximum Gasteiger partial charge on any atom is 0.149 e. The molecule has 0 saturated heterocycles. The number of aryl methyl sites for hydroxylation is 1. The normalized spacial score (nSPS) is 13.2. The summed E-state index contributed by atoms with van der Waals surface area (Å²) < 4.78 is 36.9. The standard InChI is InChI=1S/C57H59N3O/c1-35-21-23-38(24-22-35)40-25-26-58-50(31-40)42-28-41(29-43(30-42)55(4,5)6)46-19-16-20-51-52(46)59-54(48-32-44(56(7,8)9)33-49(53(48)61)57(10,11)12)60(51)45-27-36(2)37(3)47(34-45)39-17-14-13-15-18-39/h13-34,61H,1-12H3/i21D,22D,23D,24D. The summed E-state index contributed by atoms with van der Waals surface area (Å²) in [4.78, 5) is 10.4. The summed E-state index contributed by atoms with van der Waals surface area (Å²) in [5.74, 6) is 0.859. The lowest BCUT2D eigenvalue weighted by Gasteiger charge is -2.27. The van der Waals surface area contributed by atoms with Crippen LogP contribution in [0.3, 0.4) is 0 Å². The first-order valence-corrected chi connectivity index (χ1v) is 21.2. The average molecular weight is 806 g/mol. The number of imidazole rings is 1. The van der Waals surface area contributed by atoms with E-state index < -0.39 is 0 Å². The number of aromatic nitrogens is 3. The Morgan fingerprint density at radius 2 is 1.23 bits per heavy atom. The summed E-state index contributed by atoms with van der Waals surface area (Å²) in [6.45, 7) is 25.5. The lowest BCUT2D eigenvalue weighted by atomic mass is 9.79. The summed E-state index contributed by atoms with van der Waals surface area (Å²) in [7, 11) is 0. The lowest BCUT2D eigenvalue weighted by Crippen LogP contribution is -2.17. The number of phenols is 1. The van der Waals surface area contributed by atoms with Gasteiger partial charge in [0.2, 0.25) is 0 Å². The van der Waals surface area contributed by atoms with Crippen LogP contribution < -0.4 is 0 Å². The van der Waals surface area contributed by atoms with Crippen LogP contribution >= 0.6 is 0 Å². The molecule has 0 spiro atoms. The lowest BCUT2D eigenvalue weighted by molar-refractivity contribution is 0.446. The highest BCUT2D eigenvalue weighted by atomic mass is 16.3. The van der Waals surface area contributed by atoms with Crippen LogP contribution in [0.4, 0.5) is 0 Å². The maximum absolute atomic E-state index is 12.4. The molecule has 2 aromatic heterocycles. The van der Waals surface area contributed by atoms with Gasteiger partial charge in [-0.3, -0.25) is 9.55 Å². The van der Waals surface area contributed by atoms with Crippen LogP contribution in [0.25, 0.3) is 72.7 Å². The minimum absolute atomic E-state index is 0.0477. The molecule has 8 rings (SSSR count). The minimum atomic E-state index is -0.352. The second-order valence-electron chi connectivity index (χ2n) is 19.6. The minimum Gasteiger partial charge on any atom is -0.507 e. The van der Waals surface area contributed by atoms with Gasteiger partial charge in [-0.25, -0.2) is 4.98 Å². The molecule has 8 aromatic rings. The molecule has 0 unspecified atom stereocenters. The van der Waals surface area contributed by atoms with Gasteiger partial charge in [0.1, 0.15) is 11.6 Å². The van der Waals surface area contributed by atoms with E-state index in [1.807, 2.05) is 12.1 Å². The van der Waals surface area contributed by atoms with Crippen molar-refractivity contribution in [3.8, 4) is 67.5 Å². The Morgan fingerprint density at radius 3 is 1.90 bits per heavy atom. The van der Waals surface area contributed by atoms with E-state index in [2.05, 4.69) is 166 Å². The van der Waals surface area contributed by atoms with E-state index in [0.29, 0.717) is 28.2 Å². The van der Waals surface area contributed by atoms with Crippen LogP contribution in [0.15, 0.2) is 133 Å². The molecule has 308 valence electrons. The summed E-state index contributed by atoms with van der Waals surface area (Å²) in [6, 6.07) is 35.4. The SMILES string of the molecule is [2H]c1c([2H])c(-c2ccnc(-c3cc(-c4cccc5c4nc(-c4cc(C(C)(C)C)cc(C(C)(C)C)c4O)n5-c4cc(C)c(C)c(-c5ccccc5)c4)cc(C(C)(C)C)c3)c2)c([2H])c([2H])c1C. The van der Waals surface area contributed by atoms with Gasteiger partial charge in [0.25, 0.3) is 0 Å². The highest BCUT2D eigenvalue weighted by Crippen LogP contribution is 2.45. The number of aromatic hydroxyl groups is 1. The predicted octanol–water partition coefficient (Wildman–Crippen LogP) is 15.3. The Kier molecular flexibility index (Phi) is 9.19. The summed E-state index contributed by atoms with van der Waals surface area (Å²) in [5, 5.41) is 12.4. The second kappa shape index (κ2) is 15.3. The van der Waals surface area contributed by atoms with Crippen LogP contribution in [-0.4, -0.2) is 19.6 Å².